The minimum Gasteiger partial charge on any atom is -0.337 e. The van der Waals surface area contributed by atoms with E-state index in [1.807, 2.05) is 15.7 Å². The summed E-state index contributed by atoms with van der Waals surface area (Å²) in [6, 6.07) is 1.82. The molecule has 4 heterocycles. The lowest BCUT2D eigenvalue weighted by atomic mass is 10.00. The van der Waals surface area contributed by atoms with Crippen LogP contribution in [0.15, 0.2) is 41.7 Å². The normalized spacial score (nSPS) is 16.9. The Kier molecular flexibility index (Phi) is 5.55. The Morgan fingerprint density at radius 1 is 1.21 bits per heavy atom. The van der Waals surface area contributed by atoms with Crippen LogP contribution in [0.4, 0.5) is 4.79 Å². The molecule has 1 unspecified atom stereocenters. The van der Waals surface area contributed by atoms with Crippen molar-refractivity contribution in [1.82, 2.24) is 39.9 Å². The van der Waals surface area contributed by atoms with E-state index >= 15 is 0 Å². The number of carbonyl (C=O) groups excluding carboxylic acids is 1. The Hall–Kier alpha value is -3.30. The number of urea groups is 1. The number of nitrogens with one attached hydrogen (secondary N) is 1. The molecule has 2 amide bonds. The molecule has 1 aliphatic rings. The smallest absolute Gasteiger partial charge is 0.318 e. The van der Waals surface area contributed by atoms with Crippen LogP contribution in [0, 0.1) is 0 Å². The standard InChI is InChI=1S/C18H22N8O2/c27-18(22-12-15-23-17(24-28-15)16-20-6-3-7-21-16)26-9-2-1-4-14(26)5-10-25-11-8-19-13-25/h3,6-8,11,13-14H,1-2,4-5,9-10,12H2,(H,22,27). The molecule has 10 nitrogen and oxygen atoms in total. The van der Waals surface area contributed by atoms with Gasteiger partial charge in [0, 0.05) is 43.9 Å². The zero-order valence-corrected chi connectivity index (χ0v) is 15.4. The maximum atomic E-state index is 12.7. The molecule has 0 bridgehead atoms. The highest BCUT2D eigenvalue weighted by atomic mass is 16.5. The van der Waals surface area contributed by atoms with Gasteiger partial charge in [-0.3, -0.25) is 0 Å². The molecule has 0 radical (unpaired) electrons. The summed E-state index contributed by atoms with van der Waals surface area (Å²) in [6.07, 6.45) is 12.8. The average molecular weight is 382 g/mol. The van der Waals surface area contributed by atoms with Gasteiger partial charge in [0.1, 0.15) is 0 Å². The van der Waals surface area contributed by atoms with E-state index in [2.05, 4.69) is 30.4 Å². The molecule has 1 atom stereocenters. The summed E-state index contributed by atoms with van der Waals surface area (Å²) >= 11 is 0. The third-order valence-electron chi connectivity index (χ3n) is 4.79. The SMILES string of the molecule is O=C(NCc1nc(-c2ncccn2)no1)N1CCCCC1CCn1ccnc1. The van der Waals surface area contributed by atoms with Crippen LogP contribution < -0.4 is 5.32 Å². The lowest BCUT2D eigenvalue weighted by Crippen LogP contribution is -2.48. The molecular formula is C18H22N8O2. The van der Waals surface area contributed by atoms with Crippen LogP contribution in [-0.2, 0) is 13.1 Å². The van der Waals surface area contributed by atoms with Gasteiger partial charge in [-0.05, 0) is 31.7 Å². The summed E-state index contributed by atoms with van der Waals surface area (Å²) in [5.41, 5.74) is 0. The third kappa shape index (κ3) is 4.33. The van der Waals surface area contributed by atoms with Gasteiger partial charge in [-0.1, -0.05) is 5.16 Å². The van der Waals surface area contributed by atoms with Crippen molar-refractivity contribution in [3.8, 4) is 11.6 Å². The molecule has 3 aromatic heterocycles. The molecule has 4 rings (SSSR count). The second kappa shape index (κ2) is 8.59. The summed E-state index contributed by atoms with van der Waals surface area (Å²) in [5, 5.41) is 6.75. The number of piperidine rings is 1. The minimum absolute atomic E-state index is 0.106. The number of carbonyl (C=O) groups is 1. The van der Waals surface area contributed by atoms with Crippen molar-refractivity contribution in [2.45, 2.75) is 44.8 Å². The maximum absolute atomic E-state index is 12.7. The number of likely N-dealkylation sites (tertiary alicyclic amines) is 1. The molecule has 1 saturated heterocycles. The van der Waals surface area contributed by atoms with Crippen molar-refractivity contribution in [3.05, 3.63) is 43.1 Å². The number of hydrogen-bond donors (Lipinski definition) is 1. The summed E-state index contributed by atoms with van der Waals surface area (Å²) in [4.78, 5) is 31.1. The molecule has 28 heavy (non-hydrogen) atoms. The molecule has 3 aromatic rings. The topological polar surface area (TPSA) is 115 Å². The number of nitrogens with zero attached hydrogens (tertiary/aromatic N) is 7. The average Bonchev–Trinajstić information content (AvgIpc) is 3.43. The molecule has 1 aliphatic heterocycles. The van der Waals surface area contributed by atoms with Crippen molar-refractivity contribution in [2.75, 3.05) is 6.54 Å². The second-order valence-electron chi connectivity index (χ2n) is 6.68. The molecule has 0 aliphatic carbocycles. The second-order valence-corrected chi connectivity index (χ2v) is 6.68. The number of aromatic nitrogens is 6. The highest BCUT2D eigenvalue weighted by molar-refractivity contribution is 5.74. The number of rotatable bonds is 6. The molecule has 0 saturated carbocycles. The van der Waals surface area contributed by atoms with E-state index in [4.69, 9.17) is 4.52 Å². The summed E-state index contributed by atoms with van der Waals surface area (Å²) in [6.45, 7) is 1.77. The zero-order chi connectivity index (χ0) is 19.2. The van der Waals surface area contributed by atoms with Crippen LogP contribution in [0.1, 0.15) is 31.6 Å². The molecule has 0 aromatic carbocycles. The monoisotopic (exact) mass is 382 g/mol. The number of aryl methyl sites for hydroxylation is 1. The summed E-state index contributed by atoms with van der Waals surface area (Å²) in [7, 11) is 0. The first-order chi connectivity index (χ1) is 13.8. The van der Waals surface area contributed by atoms with Gasteiger partial charge in [0.2, 0.25) is 17.5 Å². The van der Waals surface area contributed by atoms with E-state index in [1.54, 1.807) is 31.0 Å². The van der Waals surface area contributed by atoms with Crippen molar-refractivity contribution < 1.29 is 9.32 Å². The lowest BCUT2D eigenvalue weighted by Gasteiger charge is -2.35. The number of imidazole rings is 1. The highest BCUT2D eigenvalue weighted by Gasteiger charge is 2.26. The van der Waals surface area contributed by atoms with Crippen molar-refractivity contribution in [2.24, 2.45) is 0 Å². The highest BCUT2D eigenvalue weighted by Crippen LogP contribution is 2.20. The van der Waals surface area contributed by atoms with Crippen molar-refractivity contribution >= 4 is 6.03 Å². The van der Waals surface area contributed by atoms with Crippen LogP contribution >= 0.6 is 0 Å². The number of amides is 2. The summed E-state index contributed by atoms with van der Waals surface area (Å²) < 4.78 is 7.23. The molecule has 0 spiro atoms. The molecule has 10 heteroatoms. The number of hydrogen-bond acceptors (Lipinski definition) is 7. The maximum Gasteiger partial charge on any atom is 0.318 e. The van der Waals surface area contributed by atoms with Gasteiger partial charge < -0.3 is 19.3 Å². The fraction of sp³-hybridized carbons (Fsp3) is 0.444. The Bertz CT molecular complexity index is 880. The minimum atomic E-state index is -0.106. The fourth-order valence-electron chi connectivity index (χ4n) is 3.37. The van der Waals surface area contributed by atoms with Crippen LogP contribution in [-0.4, -0.2) is 53.2 Å². The van der Waals surface area contributed by atoms with E-state index < -0.39 is 0 Å². The first-order valence-electron chi connectivity index (χ1n) is 9.40. The first kappa shape index (κ1) is 18.1. The van der Waals surface area contributed by atoms with E-state index in [1.165, 1.54) is 0 Å². The Labute approximate surface area is 162 Å². The van der Waals surface area contributed by atoms with Crippen LogP contribution in [0.5, 0.6) is 0 Å². The van der Waals surface area contributed by atoms with Gasteiger partial charge >= 0.3 is 6.03 Å². The molecule has 1 N–H and O–H groups in total. The summed E-state index contributed by atoms with van der Waals surface area (Å²) in [5.74, 6) is 1.02. The third-order valence-corrected chi connectivity index (χ3v) is 4.79. The largest absolute Gasteiger partial charge is 0.337 e. The first-order valence-corrected chi connectivity index (χ1v) is 9.40. The van der Waals surface area contributed by atoms with E-state index in [9.17, 15) is 4.79 Å². The van der Waals surface area contributed by atoms with Gasteiger partial charge in [-0.25, -0.2) is 19.7 Å². The van der Waals surface area contributed by atoms with Crippen LogP contribution in [0.3, 0.4) is 0 Å². The Balaban J connectivity index is 1.32. The van der Waals surface area contributed by atoms with Gasteiger partial charge in [-0.15, -0.1) is 0 Å². The zero-order valence-electron chi connectivity index (χ0n) is 15.4. The van der Waals surface area contributed by atoms with E-state index in [-0.39, 0.29) is 18.6 Å². The van der Waals surface area contributed by atoms with Crippen LogP contribution in [0.2, 0.25) is 0 Å². The predicted octanol–water partition coefficient (Wildman–Crippen LogP) is 1.88. The Morgan fingerprint density at radius 2 is 2.11 bits per heavy atom. The molecule has 146 valence electrons. The molecule has 1 fully saturated rings. The van der Waals surface area contributed by atoms with Gasteiger partial charge in [0.05, 0.1) is 12.9 Å². The van der Waals surface area contributed by atoms with E-state index in [0.717, 1.165) is 38.8 Å². The lowest BCUT2D eigenvalue weighted by molar-refractivity contribution is 0.142. The van der Waals surface area contributed by atoms with Gasteiger partial charge in [0.15, 0.2) is 0 Å². The Morgan fingerprint density at radius 3 is 2.93 bits per heavy atom. The van der Waals surface area contributed by atoms with Crippen molar-refractivity contribution in [3.63, 3.8) is 0 Å². The van der Waals surface area contributed by atoms with Gasteiger partial charge in [0.25, 0.3) is 0 Å². The predicted molar refractivity (Wildman–Crippen MR) is 98.7 cm³/mol. The molecular weight excluding hydrogens is 360 g/mol. The quantitative estimate of drug-likeness (QED) is 0.692. The van der Waals surface area contributed by atoms with E-state index in [0.29, 0.717) is 17.5 Å². The van der Waals surface area contributed by atoms with Gasteiger partial charge in [-0.2, -0.15) is 4.98 Å². The van der Waals surface area contributed by atoms with Crippen LogP contribution in [0.25, 0.3) is 11.6 Å². The van der Waals surface area contributed by atoms with Crippen molar-refractivity contribution in [1.29, 1.82) is 0 Å². The fourth-order valence-corrected chi connectivity index (χ4v) is 3.37.